The molecule has 0 aliphatic carbocycles. The van der Waals surface area contributed by atoms with Crippen LogP contribution in [0.3, 0.4) is 0 Å². The summed E-state index contributed by atoms with van der Waals surface area (Å²) in [6.07, 6.45) is 0. The molecule has 0 amide bonds. The minimum absolute atomic E-state index is 0.0162. The molecule has 0 bridgehead atoms. The van der Waals surface area contributed by atoms with Crippen molar-refractivity contribution in [2.75, 3.05) is 0 Å². The largest absolute Gasteiger partial charge is 0.295 e. The van der Waals surface area contributed by atoms with E-state index < -0.39 is 0 Å². The van der Waals surface area contributed by atoms with Gasteiger partial charge in [0, 0.05) is 11.1 Å². The third-order valence-corrected chi connectivity index (χ3v) is 2.42. The number of H-pyrrole nitrogens is 1. The fourth-order valence-electron chi connectivity index (χ4n) is 1.46. The van der Waals surface area contributed by atoms with Crippen LogP contribution in [-0.4, -0.2) is 9.78 Å². The minimum Gasteiger partial charge on any atom is -0.295 e. The number of aromatic nitrogens is 2. The lowest BCUT2D eigenvalue weighted by atomic mass is 10.2. The molecule has 0 aliphatic rings. The van der Waals surface area contributed by atoms with E-state index in [0.717, 1.165) is 5.52 Å². The first-order chi connectivity index (χ1) is 6.59. The Hall–Kier alpha value is -1.22. The highest BCUT2D eigenvalue weighted by molar-refractivity contribution is 6.31. The van der Waals surface area contributed by atoms with Crippen molar-refractivity contribution in [2.45, 2.75) is 19.9 Å². The predicted octanol–water partition coefficient (Wildman–Crippen LogP) is 2.56. The molecule has 1 aromatic carbocycles. The van der Waals surface area contributed by atoms with Gasteiger partial charge in [0.25, 0.3) is 5.56 Å². The van der Waals surface area contributed by atoms with Gasteiger partial charge in [-0.05, 0) is 32.0 Å². The van der Waals surface area contributed by atoms with Gasteiger partial charge in [-0.25, -0.2) is 4.68 Å². The molecule has 0 aliphatic heterocycles. The monoisotopic (exact) mass is 210 g/mol. The molecule has 14 heavy (non-hydrogen) atoms. The lowest BCUT2D eigenvalue weighted by Crippen LogP contribution is -2.18. The van der Waals surface area contributed by atoms with Crippen molar-refractivity contribution in [3.05, 3.63) is 33.6 Å². The van der Waals surface area contributed by atoms with Gasteiger partial charge in [0.1, 0.15) is 0 Å². The van der Waals surface area contributed by atoms with Crippen LogP contribution in [0.4, 0.5) is 0 Å². The molecule has 0 unspecified atom stereocenters. The van der Waals surface area contributed by atoms with Crippen LogP contribution in [0.1, 0.15) is 19.9 Å². The SMILES string of the molecule is CC(C)n1[nH]c2ccc(Cl)cc2c1=O. The first-order valence-electron chi connectivity index (χ1n) is 4.49. The van der Waals surface area contributed by atoms with Crippen molar-refractivity contribution in [1.82, 2.24) is 9.78 Å². The van der Waals surface area contributed by atoms with Crippen molar-refractivity contribution in [3.8, 4) is 0 Å². The van der Waals surface area contributed by atoms with Crippen LogP contribution in [0.2, 0.25) is 5.02 Å². The summed E-state index contributed by atoms with van der Waals surface area (Å²) in [6.45, 7) is 3.91. The van der Waals surface area contributed by atoms with Crippen LogP contribution in [0.15, 0.2) is 23.0 Å². The predicted molar refractivity (Wildman–Crippen MR) is 58.0 cm³/mol. The maximum Gasteiger partial charge on any atom is 0.274 e. The number of hydrogen-bond donors (Lipinski definition) is 1. The maximum atomic E-state index is 11.8. The third kappa shape index (κ3) is 1.34. The Morgan fingerprint density at radius 2 is 2.14 bits per heavy atom. The number of aromatic amines is 1. The van der Waals surface area contributed by atoms with E-state index in [1.165, 1.54) is 0 Å². The number of halogens is 1. The maximum absolute atomic E-state index is 11.8. The Kier molecular flexibility index (Phi) is 2.11. The molecule has 2 aromatic rings. The number of benzene rings is 1. The Bertz CT molecular complexity index is 524. The summed E-state index contributed by atoms with van der Waals surface area (Å²) in [5.41, 5.74) is 0.811. The fourth-order valence-corrected chi connectivity index (χ4v) is 1.64. The van der Waals surface area contributed by atoms with Crippen LogP contribution >= 0.6 is 11.6 Å². The number of nitrogens with zero attached hydrogens (tertiary/aromatic N) is 1. The zero-order valence-electron chi connectivity index (χ0n) is 8.04. The minimum atomic E-state index is -0.0162. The quantitative estimate of drug-likeness (QED) is 0.772. The molecule has 0 saturated carbocycles. The molecule has 2 rings (SSSR count). The van der Waals surface area contributed by atoms with Gasteiger partial charge in [-0.3, -0.25) is 9.89 Å². The normalized spacial score (nSPS) is 11.4. The molecule has 1 aromatic heterocycles. The smallest absolute Gasteiger partial charge is 0.274 e. The lowest BCUT2D eigenvalue weighted by Gasteiger charge is -2.02. The topological polar surface area (TPSA) is 37.8 Å². The lowest BCUT2D eigenvalue weighted by molar-refractivity contribution is 0.522. The van der Waals surface area contributed by atoms with E-state index in [-0.39, 0.29) is 11.6 Å². The summed E-state index contributed by atoms with van der Waals surface area (Å²) in [5, 5.41) is 4.27. The summed E-state index contributed by atoms with van der Waals surface area (Å²) in [4.78, 5) is 11.8. The van der Waals surface area contributed by atoms with E-state index in [1.807, 2.05) is 19.9 Å². The van der Waals surface area contributed by atoms with Crippen molar-refractivity contribution in [3.63, 3.8) is 0 Å². The average Bonchev–Trinajstić information content (AvgIpc) is 2.44. The van der Waals surface area contributed by atoms with Crippen molar-refractivity contribution < 1.29 is 0 Å². The van der Waals surface area contributed by atoms with E-state index in [4.69, 9.17) is 11.6 Å². The van der Waals surface area contributed by atoms with Crippen LogP contribution in [0.5, 0.6) is 0 Å². The summed E-state index contributed by atoms with van der Waals surface area (Å²) >= 11 is 5.82. The average molecular weight is 211 g/mol. The molecule has 0 atom stereocenters. The van der Waals surface area contributed by atoms with E-state index in [0.29, 0.717) is 10.4 Å². The van der Waals surface area contributed by atoms with Crippen molar-refractivity contribution >= 4 is 22.5 Å². The second-order valence-corrected chi connectivity index (χ2v) is 4.01. The van der Waals surface area contributed by atoms with E-state index >= 15 is 0 Å². The van der Waals surface area contributed by atoms with Gasteiger partial charge in [0.15, 0.2) is 0 Å². The summed E-state index contributed by atoms with van der Waals surface area (Å²) in [6, 6.07) is 5.41. The molecular weight excluding hydrogens is 200 g/mol. The Morgan fingerprint density at radius 3 is 2.79 bits per heavy atom. The number of rotatable bonds is 1. The van der Waals surface area contributed by atoms with Gasteiger partial charge in [-0.2, -0.15) is 0 Å². The van der Waals surface area contributed by atoms with Gasteiger partial charge in [-0.1, -0.05) is 11.6 Å². The highest BCUT2D eigenvalue weighted by atomic mass is 35.5. The highest BCUT2D eigenvalue weighted by Crippen LogP contribution is 2.15. The second-order valence-electron chi connectivity index (χ2n) is 3.57. The molecule has 1 heterocycles. The van der Waals surface area contributed by atoms with Gasteiger partial charge in [-0.15, -0.1) is 0 Å². The van der Waals surface area contributed by atoms with E-state index in [2.05, 4.69) is 5.10 Å². The Balaban J connectivity index is 2.81. The fraction of sp³-hybridized carbons (Fsp3) is 0.300. The van der Waals surface area contributed by atoms with Crippen LogP contribution in [-0.2, 0) is 0 Å². The Labute approximate surface area is 86.3 Å². The zero-order chi connectivity index (χ0) is 10.3. The number of hydrogen-bond acceptors (Lipinski definition) is 1. The molecule has 0 spiro atoms. The molecule has 0 fully saturated rings. The van der Waals surface area contributed by atoms with E-state index in [1.54, 1.807) is 16.8 Å². The molecule has 0 radical (unpaired) electrons. The van der Waals surface area contributed by atoms with Gasteiger partial charge in [0.05, 0.1) is 10.9 Å². The summed E-state index contributed by atoms with van der Waals surface area (Å²) < 4.78 is 1.60. The summed E-state index contributed by atoms with van der Waals surface area (Å²) in [5.74, 6) is 0. The molecular formula is C10H11ClN2O. The van der Waals surface area contributed by atoms with Gasteiger partial charge < -0.3 is 0 Å². The third-order valence-electron chi connectivity index (χ3n) is 2.19. The molecule has 4 heteroatoms. The second kappa shape index (κ2) is 3.17. The molecule has 0 saturated heterocycles. The summed E-state index contributed by atoms with van der Waals surface area (Å²) in [7, 11) is 0. The standard InChI is InChI=1S/C10H11ClN2O/c1-6(2)13-10(14)8-5-7(11)3-4-9(8)12-13/h3-6,12H,1-2H3. The number of nitrogens with one attached hydrogen (secondary N) is 1. The first-order valence-corrected chi connectivity index (χ1v) is 4.87. The molecule has 1 N–H and O–H groups in total. The Morgan fingerprint density at radius 1 is 1.43 bits per heavy atom. The van der Waals surface area contributed by atoms with Crippen molar-refractivity contribution in [2.24, 2.45) is 0 Å². The van der Waals surface area contributed by atoms with Gasteiger partial charge in [0.2, 0.25) is 0 Å². The van der Waals surface area contributed by atoms with Crippen molar-refractivity contribution in [1.29, 1.82) is 0 Å². The molecule has 74 valence electrons. The van der Waals surface area contributed by atoms with Crippen LogP contribution < -0.4 is 5.56 Å². The van der Waals surface area contributed by atoms with Crippen LogP contribution in [0, 0.1) is 0 Å². The van der Waals surface area contributed by atoms with Crippen LogP contribution in [0.25, 0.3) is 10.9 Å². The highest BCUT2D eigenvalue weighted by Gasteiger charge is 2.08. The molecule has 3 nitrogen and oxygen atoms in total. The van der Waals surface area contributed by atoms with Gasteiger partial charge >= 0.3 is 0 Å². The van der Waals surface area contributed by atoms with E-state index in [9.17, 15) is 4.79 Å². The first kappa shape index (κ1) is 9.34. The zero-order valence-corrected chi connectivity index (χ0v) is 8.80. The number of fused-ring (bicyclic) bond motifs is 1.